The predicted molar refractivity (Wildman–Crippen MR) is 93.1 cm³/mol. The number of rotatable bonds is 4. The van der Waals surface area contributed by atoms with E-state index in [1.807, 2.05) is 13.8 Å². The van der Waals surface area contributed by atoms with Crippen LogP contribution in [0.1, 0.15) is 24.2 Å². The Morgan fingerprint density at radius 3 is 2.12 bits per heavy atom. The zero-order valence-corrected chi connectivity index (χ0v) is 13.9. The molecule has 0 atom stereocenters. The third-order valence-electron chi connectivity index (χ3n) is 3.01. The van der Waals surface area contributed by atoms with Gasteiger partial charge in [0.1, 0.15) is 5.82 Å². The van der Waals surface area contributed by atoms with Crippen LogP contribution in [-0.2, 0) is 0 Å². The summed E-state index contributed by atoms with van der Waals surface area (Å²) in [7, 11) is 0. The van der Waals surface area contributed by atoms with Gasteiger partial charge in [-0.1, -0.05) is 17.7 Å². The van der Waals surface area contributed by atoms with Crippen molar-refractivity contribution in [1.82, 2.24) is 5.32 Å². The Kier molecular flexibility index (Phi) is 5.76. The minimum atomic E-state index is -0.691. The highest BCUT2D eigenvalue weighted by Crippen LogP contribution is 2.21. The van der Waals surface area contributed by atoms with Gasteiger partial charge in [-0.15, -0.1) is 0 Å². The molecule has 0 radical (unpaired) electrons. The summed E-state index contributed by atoms with van der Waals surface area (Å²) in [6.45, 7) is 3.71. The smallest absolute Gasteiger partial charge is 0.319 e. The Morgan fingerprint density at radius 2 is 1.58 bits per heavy atom. The summed E-state index contributed by atoms with van der Waals surface area (Å²) in [5.41, 5.74) is 0.807. The SMILES string of the molecule is CC(C)NC(=O)Nc1ccc(NC(=O)c2c(F)cccc2Cl)cc1. The minimum absolute atomic E-state index is 0.0223. The second-order valence-electron chi connectivity index (χ2n) is 5.38. The highest BCUT2D eigenvalue weighted by Gasteiger charge is 2.15. The first-order valence-electron chi connectivity index (χ1n) is 7.29. The van der Waals surface area contributed by atoms with Crippen LogP contribution in [0, 0.1) is 5.82 Å². The van der Waals surface area contributed by atoms with Crippen LogP contribution in [-0.4, -0.2) is 18.0 Å². The zero-order chi connectivity index (χ0) is 17.7. The van der Waals surface area contributed by atoms with Crippen LogP contribution >= 0.6 is 11.6 Å². The van der Waals surface area contributed by atoms with Crippen molar-refractivity contribution in [3.05, 3.63) is 58.9 Å². The number of carbonyl (C=O) groups excluding carboxylic acids is 2. The molecular formula is C17H17ClFN3O2. The van der Waals surface area contributed by atoms with Crippen LogP contribution in [0.5, 0.6) is 0 Å². The summed E-state index contributed by atoms with van der Waals surface area (Å²) in [6, 6.07) is 10.2. The van der Waals surface area contributed by atoms with E-state index in [0.717, 1.165) is 0 Å². The average molecular weight is 350 g/mol. The average Bonchev–Trinajstić information content (AvgIpc) is 2.48. The van der Waals surface area contributed by atoms with Crippen molar-refractivity contribution < 1.29 is 14.0 Å². The zero-order valence-electron chi connectivity index (χ0n) is 13.2. The Hall–Kier alpha value is -2.60. The van der Waals surface area contributed by atoms with Gasteiger partial charge in [0.05, 0.1) is 10.6 Å². The molecular weight excluding hydrogens is 333 g/mol. The summed E-state index contributed by atoms with van der Waals surface area (Å²) >= 11 is 5.86. The first-order valence-corrected chi connectivity index (χ1v) is 7.67. The molecule has 0 fully saturated rings. The maximum absolute atomic E-state index is 13.7. The summed E-state index contributed by atoms with van der Waals surface area (Å²) in [4.78, 5) is 23.7. The molecule has 0 spiro atoms. The number of carbonyl (C=O) groups is 2. The van der Waals surface area contributed by atoms with Crippen molar-refractivity contribution in [1.29, 1.82) is 0 Å². The Morgan fingerprint density at radius 1 is 1.00 bits per heavy atom. The van der Waals surface area contributed by atoms with Gasteiger partial charge in [0.25, 0.3) is 5.91 Å². The van der Waals surface area contributed by atoms with Gasteiger partial charge in [-0.25, -0.2) is 9.18 Å². The molecule has 0 aliphatic rings. The third kappa shape index (κ3) is 4.70. The van der Waals surface area contributed by atoms with Crippen molar-refractivity contribution in [3.63, 3.8) is 0 Å². The Balaban J connectivity index is 2.04. The molecule has 24 heavy (non-hydrogen) atoms. The van der Waals surface area contributed by atoms with Gasteiger partial charge < -0.3 is 16.0 Å². The van der Waals surface area contributed by atoms with E-state index in [4.69, 9.17) is 11.6 Å². The van der Waals surface area contributed by atoms with Gasteiger partial charge in [-0.3, -0.25) is 4.79 Å². The van der Waals surface area contributed by atoms with E-state index in [-0.39, 0.29) is 22.7 Å². The van der Waals surface area contributed by atoms with Gasteiger partial charge >= 0.3 is 6.03 Å². The van der Waals surface area contributed by atoms with Gasteiger partial charge in [0, 0.05) is 17.4 Å². The largest absolute Gasteiger partial charge is 0.336 e. The molecule has 2 aromatic carbocycles. The fraction of sp³-hybridized carbons (Fsp3) is 0.176. The van der Waals surface area contributed by atoms with E-state index in [9.17, 15) is 14.0 Å². The van der Waals surface area contributed by atoms with Crippen molar-refractivity contribution in [2.24, 2.45) is 0 Å². The van der Waals surface area contributed by atoms with Crippen molar-refractivity contribution in [3.8, 4) is 0 Å². The Labute approximate surface area is 144 Å². The van der Waals surface area contributed by atoms with Crippen molar-refractivity contribution in [2.45, 2.75) is 19.9 Å². The van der Waals surface area contributed by atoms with Crippen LogP contribution in [0.3, 0.4) is 0 Å². The molecule has 2 rings (SSSR count). The molecule has 0 bridgehead atoms. The normalized spacial score (nSPS) is 10.4. The molecule has 0 aromatic heterocycles. The molecule has 3 N–H and O–H groups in total. The maximum Gasteiger partial charge on any atom is 0.319 e. The van der Waals surface area contributed by atoms with Gasteiger partial charge in [-0.05, 0) is 50.2 Å². The maximum atomic E-state index is 13.7. The summed E-state index contributed by atoms with van der Waals surface area (Å²) in [5.74, 6) is -1.33. The van der Waals surface area contributed by atoms with Crippen LogP contribution in [0.4, 0.5) is 20.6 Å². The van der Waals surface area contributed by atoms with Crippen molar-refractivity contribution >= 4 is 34.9 Å². The first-order chi connectivity index (χ1) is 11.4. The number of benzene rings is 2. The Bertz CT molecular complexity index is 728. The molecule has 0 unspecified atom stereocenters. The minimum Gasteiger partial charge on any atom is -0.336 e. The monoisotopic (exact) mass is 349 g/mol. The fourth-order valence-electron chi connectivity index (χ4n) is 1.97. The molecule has 5 nitrogen and oxygen atoms in total. The molecule has 0 saturated heterocycles. The number of hydrogen-bond donors (Lipinski definition) is 3. The van der Waals surface area contributed by atoms with Crippen LogP contribution in [0.15, 0.2) is 42.5 Å². The molecule has 7 heteroatoms. The number of anilines is 2. The molecule has 0 saturated carbocycles. The standard InChI is InChI=1S/C17H17ClFN3O2/c1-10(2)20-17(24)22-12-8-6-11(7-9-12)21-16(23)15-13(18)4-3-5-14(15)19/h3-10H,1-2H3,(H,21,23)(H2,20,22,24). The van der Waals surface area contributed by atoms with E-state index in [1.54, 1.807) is 24.3 Å². The van der Waals surface area contributed by atoms with Crippen LogP contribution in [0.2, 0.25) is 5.02 Å². The first kappa shape index (κ1) is 17.7. The summed E-state index contributed by atoms with van der Waals surface area (Å²) < 4.78 is 13.7. The van der Waals surface area contributed by atoms with E-state index >= 15 is 0 Å². The second-order valence-corrected chi connectivity index (χ2v) is 5.79. The number of nitrogens with one attached hydrogen (secondary N) is 3. The van der Waals surface area contributed by atoms with Crippen LogP contribution < -0.4 is 16.0 Å². The molecule has 3 amide bonds. The van der Waals surface area contributed by atoms with Gasteiger partial charge in [0.15, 0.2) is 0 Å². The number of urea groups is 1. The highest BCUT2D eigenvalue weighted by atomic mass is 35.5. The van der Waals surface area contributed by atoms with Crippen LogP contribution in [0.25, 0.3) is 0 Å². The molecule has 0 heterocycles. The molecule has 0 aliphatic heterocycles. The summed E-state index contributed by atoms with van der Waals surface area (Å²) in [6.07, 6.45) is 0. The lowest BCUT2D eigenvalue weighted by Gasteiger charge is -2.11. The van der Waals surface area contributed by atoms with E-state index < -0.39 is 11.7 Å². The predicted octanol–water partition coefficient (Wildman–Crippen LogP) is 4.26. The quantitative estimate of drug-likeness (QED) is 0.771. The fourth-order valence-corrected chi connectivity index (χ4v) is 2.22. The van der Waals surface area contributed by atoms with E-state index in [0.29, 0.717) is 11.4 Å². The second kappa shape index (κ2) is 7.79. The van der Waals surface area contributed by atoms with E-state index in [2.05, 4.69) is 16.0 Å². The van der Waals surface area contributed by atoms with E-state index in [1.165, 1.54) is 18.2 Å². The third-order valence-corrected chi connectivity index (χ3v) is 3.33. The number of amides is 3. The number of halogens is 2. The lowest BCUT2D eigenvalue weighted by Crippen LogP contribution is -2.34. The van der Waals surface area contributed by atoms with Crippen molar-refractivity contribution in [2.75, 3.05) is 10.6 Å². The van der Waals surface area contributed by atoms with Gasteiger partial charge in [-0.2, -0.15) is 0 Å². The molecule has 126 valence electrons. The highest BCUT2D eigenvalue weighted by molar-refractivity contribution is 6.34. The topological polar surface area (TPSA) is 70.2 Å². The van der Waals surface area contributed by atoms with Gasteiger partial charge in [0.2, 0.25) is 0 Å². The summed E-state index contributed by atoms with van der Waals surface area (Å²) in [5, 5.41) is 7.95. The lowest BCUT2D eigenvalue weighted by molar-refractivity contribution is 0.102. The molecule has 2 aromatic rings. The molecule has 0 aliphatic carbocycles. The number of hydrogen-bond acceptors (Lipinski definition) is 2. The lowest BCUT2D eigenvalue weighted by atomic mass is 10.2.